The molecule has 0 fully saturated rings. The summed E-state index contributed by atoms with van der Waals surface area (Å²) in [5, 5.41) is 0. The maximum absolute atomic E-state index is 13.6. The lowest BCUT2D eigenvalue weighted by atomic mass is 10.1. The third-order valence-corrected chi connectivity index (χ3v) is 5.10. The summed E-state index contributed by atoms with van der Waals surface area (Å²) in [6, 6.07) is 10.5. The van der Waals surface area contributed by atoms with Crippen molar-refractivity contribution in [3.05, 3.63) is 64.2 Å². The second kappa shape index (κ2) is 8.90. The number of thiazole rings is 1. The van der Waals surface area contributed by atoms with Crippen molar-refractivity contribution < 1.29 is 23.5 Å². The van der Waals surface area contributed by atoms with Crippen LogP contribution in [0.5, 0.6) is 0 Å². The van der Waals surface area contributed by atoms with Crippen LogP contribution in [0, 0.1) is 5.82 Å². The Morgan fingerprint density at radius 1 is 1.14 bits per heavy atom. The lowest BCUT2D eigenvalue weighted by Gasteiger charge is -2.05. The van der Waals surface area contributed by atoms with Crippen LogP contribution in [-0.4, -0.2) is 36.8 Å². The van der Waals surface area contributed by atoms with Crippen LogP contribution in [0.4, 0.5) is 4.39 Å². The molecule has 146 valence electrons. The lowest BCUT2D eigenvalue weighted by molar-refractivity contribution is 0.0600. The first kappa shape index (κ1) is 19.9. The minimum atomic E-state index is -0.476. The van der Waals surface area contributed by atoms with Crippen LogP contribution in [0.15, 0.2) is 47.5 Å². The van der Waals surface area contributed by atoms with Crippen LogP contribution in [0.2, 0.25) is 0 Å². The number of hydrogen-bond donors (Lipinski definition) is 0. The van der Waals surface area contributed by atoms with Gasteiger partial charge < -0.3 is 14.0 Å². The van der Waals surface area contributed by atoms with Crippen molar-refractivity contribution in [1.82, 2.24) is 4.57 Å². The Labute approximate surface area is 164 Å². The molecule has 0 saturated carbocycles. The van der Waals surface area contributed by atoms with Gasteiger partial charge in [-0.25, -0.2) is 9.18 Å². The third kappa shape index (κ3) is 4.35. The molecule has 8 heteroatoms. The number of carbonyl (C=O) groups is 2. The van der Waals surface area contributed by atoms with Crippen LogP contribution < -0.4 is 4.80 Å². The van der Waals surface area contributed by atoms with E-state index in [9.17, 15) is 14.0 Å². The van der Waals surface area contributed by atoms with Crippen LogP contribution in [0.25, 0.3) is 10.2 Å². The molecule has 0 aliphatic rings. The normalized spacial score (nSPS) is 11.8. The van der Waals surface area contributed by atoms with E-state index in [0.29, 0.717) is 40.4 Å². The zero-order chi connectivity index (χ0) is 20.1. The van der Waals surface area contributed by atoms with Gasteiger partial charge in [-0.2, -0.15) is 4.99 Å². The minimum Gasteiger partial charge on any atom is -0.465 e. The molecule has 3 rings (SSSR count). The zero-order valence-electron chi connectivity index (χ0n) is 15.5. The van der Waals surface area contributed by atoms with Crippen molar-refractivity contribution in [2.75, 3.05) is 20.3 Å². The SMILES string of the molecule is CCOCCn1c(=NC(=O)c2ccc(C(=O)OC)cc2)sc2cc(F)ccc21. The van der Waals surface area contributed by atoms with E-state index in [1.165, 1.54) is 54.8 Å². The Bertz CT molecular complexity index is 1070. The number of halogens is 1. The maximum atomic E-state index is 13.6. The molecule has 1 amide bonds. The molecule has 1 aromatic heterocycles. The van der Waals surface area contributed by atoms with Crippen molar-refractivity contribution in [3.63, 3.8) is 0 Å². The number of hydrogen-bond acceptors (Lipinski definition) is 5. The van der Waals surface area contributed by atoms with Crippen LogP contribution in [0.3, 0.4) is 0 Å². The molecule has 0 atom stereocenters. The van der Waals surface area contributed by atoms with Gasteiger partial charge in [0.25, 0.3) is 5.91 Å². The highest BCUT2D eigenvalue weighted by Crippen LogP contribution is 2.19. The summed E-state index contributed by atoms with van der Waals surface area (Å²) in [5.74, 6) is -1.27. The van der Waals surface area contributed by atoms with Crippen molar-refractivity contribution >= 4 is 33.4 Å². The van der Waals surface area contributed by atoms with E-state index in [2.05, 4.69) is 9.73 Å². The van der Waals surface area contributed by atoms with Crippen molar-refractivity contribution in [2.45, 2.75) is 13.5 Å². The van der Waals surface area contributed by atoms with E-state index in [1.807, 2.05) is 11.5 Å². The summed E-state index contributed by atoms with van der Waals surface area (Å²) < 4.78 is 26.2. The molecular formula is C20H19FN2O4S. The Kier molecular flexibility index (Phi) is 6.33. The number of carbonyl (C=O) groups excluding carboxylic acids is 2. The largest absolute Gasteiger partial charge is 0.465 e. The van der Waals surface area contributed by atoms with Crippen LogP contribution >= 0.6 is 11.3 Å². The Morgan fingerprint density at radius 3 is 2.54 bits per heavy atom. The fraction of sp³-hybridized carbons (Fsp3) is 0.250. The third-order valence-electron chi connectivity index (χ3n) is 4.06. The van der Waals surface area contributed by atoms with Crippen molar-refractivity contribution in [2.24, 2.45) is 4.99 Å². The van der Waals surface area contributed by atoms with E-state index in [0.717, 1.165) is 5.52 Å². The number of nitrogens with zero attached hydrogens (tertiary/aromatic N) is 2. The first-order valence-electron chi connectivity index (χ1n) is 8.67. The smallest absolute Gasteiger partial charge is 0.337 e. The van der Waals surface area contributed by atoms with Gasteiger partial charge >= 0.3 is 5.97 Å². The Hall–Kier alpha value is -2.84. The van der Waals surface area contributed by atoms with Crippen LogP contribution in [-0.2, 0) is 16.0 Å². The molecule has 0 bridgehead atoms. The van der Waals surface area contributed by atoms with E-state index in [1.54, 1.807) is 6.07 Å². The predicted octanol–water partition coefficient (Wildman–Crippen LogP) is 3.41. The monoisotopic (exact) mass is 402 g/mol. The first-order valence-corrected chi connectivity index (χ1v) is 9.49. The quantitative estimate of drug-likeness (QED) is 0.468. The number of methoxy groups -OCH3 is 1. The highest BCUT2D eigenvalue weighted by molar-refractivity contribution is 7.16. The van der Waals surface area contributed by atoms with E-state index in [4.69, 9.17) is 4.74 Å². The molecule has 0 saturated heterocycles. The fourth-order valence-corrected chi connectivity index (χ4v) is 3.75. The zero-order valence-corrected chi connectivity index (χ0v) is 16.3. The number of benzene rings is 2. The summed E-state index contributed by atoms with van der Waals surface area (Å²) in [6.07, 6.45) is 0. The second-order valence-electron chi connectivity index (χ2n) is 5.83. The summed E-state index contributed by atoms with van der Waals surface area (Å²) in [6.45, 7) is 3.43. The van der Waals surface area contributed by atoms with E-state index >= 15 is 0 Å². The number of amides is 1. The fourth-order valence-electron chi connectivity index (χ4n) is 2.67. The molecule has 3 aromatic rings. The predicted molar refractivity (Wildman–Crippen MR) is 104 cm³/mol. The molecule has 0 aliphatic heterocycles. The molecule has 1 heterocycles. The first-order chi connectivity index (χ1) is 13.5. The van der Waals surface area contributed by atoms with Gasteiger partial charge in [0.15, 0.2) is 4.80 Å². The van der Waals surface area contributed by atoms with Gasteiger partial charge in [-0.15, -0.1) is 0 Å². The van der Waals surface area contributed by atoms with Gasteiger partial charge in [0, 0.05) is 18.7 Å². The number of fused-ring (bicyclic) bond motifs is 1. The summed E-state index contributed by atoms with van der Waals surface area (Å²) >= 11 is 1.24. The summed E-state index contributed by atoms with van der Waals surface area (Å²) in [7, 11) is 1.29. The summed E-state index contributed by atoms with van der Waals surface area (Å²) in [5.41, 5.74) is 1.48. The highest BCUT2D eigenvalue weighted by atomic mass is 32.1. The van der Waals surface area contributed by atoms with E-state index in [-0.39, 0.29) is 5.82 Å². The van der Waals surface area contributed by atoms with Gasteiger partial charge in [0.05, 0.1) is 29.5 Å². The number of rotatable bonds is 6. The van der Waals surface area contributed by atoms with Gasteiger partial charge in [0.2, 0.25) is 0 Å². The average Bonchev–Trinajstić information content (AvgIpc) is 3.03. The van der Waals surface area contributed by atoms with Gasteiger partial charge in [-0.3, -0.25) is 4.79 Å². The highest BCUT2D eigenvalue weighted by Gasteiger charge is 2.11. The number of aromatic nitrogens is 1. The maximum Gasteiger partial charge on any atom is 0.337 e. The molecule has 0 unspecified atom stereocenters. The molecule has 0 N–H and O–H groups in total. The summed E-state index contributed by atoms with van der Waals surface area (Å²) in [4.78, 5) is 28.8. The molecule has 28 heavy (non-hydrogen) atoms. The molecule has 6 nitrogen and oxygen atoms in total. The molecule has 0 radical (unpaired) electrons. The van der Waals surface area contributed by atoms with Crippen molar-refractivity contribution in [1.29, 1.82) is 0 Å². The van der Waals surface area contributed by atoms with Gasteiger partial charge in [-0.1, -0.05) is 11.3 Å². The van der Waals surface area contributed by atoms with Gasteiger partial charge in [-0.05, 0) is 49.4 Å². The minimum absolute atomic E-state index is 0.340. The Balaban J connectivity index is 1.98. The van der Waals surface area contributed by atoms with Crippen LogP contribution in [0.1, 0.15) is 27.6 Å². The standard InChI is InChI=1S/C20H19FN2O4S/c1-3-27-11-10-23-16-9-8-15(21)12-17(16)28-20(23)22-18(24)13-4-6-14(7-5-13)19(25)26-2/h4-9,12H,3,10-11H2,1-2H3. The molecule has 0 spiro atoms. The van der Waals surface area contributed by atoms with Gasteiger partial charge in [0.1, 0.15) is 5.82 Å². The second-order valence-corrected chi connectivity index (χ2v) is 6.84. The lowest BCUT2D eigenvalue weighted by Crippen LogP contribution is -2.19. The number of esters is 1. The van der Waals surface area contributed by atoms with Crippen molar-refractivity contribution in [3.8, 4) is 0 Å². The van der Waals surface area contributed by atoms with E-state index < -0.39 is 11.9 Å². The number of ether oxygens (including phenoxy) is 2. The molecule has 2 aromatic carbocycles. The Morgan fingerprint density at radius 2 is 1.86 bits per heavy atom. The molecule has 0 aliphatic carbocycles. The molecular weight excluding hydrogens is 383 g/mol. The topological polar surface area (TPSA) is 69.9 Å². The average molecular weight is 402 g/mol.